The number of hydrogen-bond acceptors (Lipinski definition) is 5. The van der Waals surface area contributed by atoms with E-state index in [1.807, 2.05) is 25.1 Å². The van der Waals surface area contributed by atoms with Gasteiger partial charge in [0.25, 0.3) is 5.91 Å². The summed E-state index contributed by atoms with van der Waals surface area (Å²) in [5, 5.41) is 2.83. The topological polar surface area (TPSA) is 84.9 Å². The first kappa shape index (κ1) is 24.7. The summed E-state index contributed by atoms with van der Waals surface area (Å²) in [6.07, 6.45) is 3.82. The molecule has 0 radical (unpaired) electrons. The van der Waals surface area contributed by atoms with Crippen molar-refractivity contribution in [3.63, 3.8) is 0 Å². The molecule has 2 aromatic carbocycles. The lowest BCUT2D eigenvalue weighted by atomic mass is 10.2. The van der Waals surface area contributed by atoms with Crippen LogP contribution in [0.1, 0.15) is 26.3 Å². The van der Waals surface area contributed by atoms with Crippen LogP contribution in [-0.2, 0) is 14.8 Å². The quantitative estimate of drug-likeness (QED) is 0.559. The number of benzene rings is 2. The third-order valence-electron chi connectivity index (χ3n) is 4.46. The molecular formula is C22H27ClN2O5S. The van der Waals surface area contributed by atoms with Gasteiger partial charge in [-0.15, -0.1) is 0 Å². The minimum Gasteiger partial charge on any atom is -0.493 e. The number of allylic oxidation sites excluding steroid dienone is 1. The number of hydrogen-bond donors (Lipinski definition) is 1. The Hall–Kier alpha value is -2.55. The predicted molar refractivity (Wildman–Crippen MR) is 123 cm³/mol. The van der Waals surface area contributed by atoms with E-state index in [0.717, 1.165) is 5.56 Å². The van der Waals surface area contributed by atoms with Crippen molar-refractivity contribution in [2.75, 3.05) is 32.1 Å². The largest absolute Gasteiger partial charge is 0.493 e. The molecule has 1 N–H and O–H groups in total. The van der Waals surface area contributed by atoms with Gasteiger partial charge in [-0.2, -0.15) is 4.31 Å². The van der Waals surface area contributed by atoms with Crippen LogP contribution in [0.25, 0.3) is 6.08 Å². The molecule has 0 atom stereocenters. The Bertz CT molecular complexity index is 1050. The highest BCUT2D eigenvalue weighted by Crippen LogP contribution is 2.29. The number of ether oxygens (including phenoxy) is 2. The minimum atomic E-state index is -3.68. The van der Waals surface area contributed by atoms with E-state index in [-0.39, 0.29) is 22.2 Å². The monoisotopic (exact) mass is 466 g/mol. The maximum atomic E-state index is 12.7. The number of nitrogens with one attached hydrogen (secondary N) is 1. The molecule has 0 bridgehead atoms. The Morgan fingerprint density at radius 1 is 1.13 bits per heavy atom. The highest BCUT2D eigenvalue weighted by molar-refractivity contribution is 7.89. The number of sulfonamides is 1. The van der Waals surface area contributed by atoms with Gasteiger partial charge in [-0.05, 0) is 42.8 Å². The Kier molecular flexibility index (Phi) is 8.91. The second-order valence-corrected chi connectivity index (χ2v) is 8.82. The summed E-state index contributed by atoms with van der Waals surface area (Å²) >= 11 is 6.16. The van der Waals surface area contributed by atoms with Gasteiger partial charge in [0.05, 0.1) is 22.7 Å². The number of carbonyl (C=O) groups is 1. The molecule has 0 unspecified atom stereocenters. The first-order valence-corrected chi connectivity index (χ1v) is 11.6. The van der Waals surface area contributed by atoms with Crippen LogP contribution in [0.5, 0.6) is 11.5 Å². The Morgan fingerprint density at radius 2 is 1.84 bits per heavy atom. The lowest BCUT2D eigenvalue weighted by molar-refractivity contribution is -0.118. The second-order valence-electron chi connectivity index (χ2n) is 6.48. The van der Waals surface area contributed by atoms with Gasteiger partial charge in [0, 0.05) is 13.1 Å². The summed E-state index contributed by atoms with van der Waals surface area (Å²) in [4.78, 5) is 12.5. The maximum absolute atomic E-state index is 12.7. The molecule has 0 heterocycles. The first-order chi connectivity index (χ1) is 14.8. The molecule has 0 aliphatic heterocycles. The van der Waals surface area contributed by atoms with Gasteiger partial charge in [0.15, 0.2) is 18.1 Å². The Labute approximate surface area is 188 Å². The fourth-order valence-corrected chi connectivity index (χ4v) is 4.55. The maximum Gasteiger partial charge on any atom is 0.262 e. The number of nitrogens with zero attached hydrogens (tertiary/aromatic N) is 1. The van der Waals surface area contributed by atoms with Crippen LogP contribution < -0.4 is 14.8 Å². The van der Waals surface area contributed by atoms with Crippen molar-refractivity contribution in [2.45, 2.75) is 25.7 Å². The zero-order chi connectivity index (χ0) is 23.0. The van der Waals surface area contributed by atoms with Gasteiger partial charge < -0.3 is 14.8 Å². The molecule has 0 saturated heterocycles. The summed E-state index contributed by atoms with van der Waals surface area (Å²) < 4.78 is 37.7. The number of halogens is 1. The first-order valence-electron chi connectivity index (χ1n) is 9.79. The second kappa shape index (κ2) is 11.2. The van der Waals surface area contributed by atoms with Crippen molar-refractivity contribution < 1.29 is 22.7 Å². The van der Waals surface area contributed by atoms with E-state index in [2.05, 4.69) is 5.32 Å². The molecule has 1 amide bonds. The summed E-state index contributed by atoms with van der Waals surface area (Å²) in [6, 6.07) is 9.56. The SMILES string of the molecule is C/C=C/c1ccc(OCC(=O)Nc2cc(S(=O)(=O)N(CC)CC)ccc2Cl)c(OC)c1. The summed E-state index contributed by atoms with van der Waals surface area (Å²) in [5.41, 5.74) is 1.13. The van der Waals surface area contributed by atoms with E-state index in [1.54, 1.807) is 26.0 Å². The van der Waals surface area contributed by atoms with Crippen LogP contribution >= 0.6 is 11.6 Å². The number of carbonyl (C=O) groups excluding carboxylic acids is 1. The molecule has 0 aromatic heterocycles. The molecule has 2 rings (SSSR count). The van der Waals surface area contributed by atoms with Crippen molar-refractivity contribution in [3.05, 3.63) is 53.1 Å². The zero-order valence-corrected chi connectivity index (χ0v) is 19.6. The van der Waals surface area contributed by atoms with E-state index in [0.29, 0.717) is 24.6 Å². The van der Waals surface area contributed by atoms with Crippen LogP contribution in [0.4, 0.5) is 5.69 Å². The highest BCUT2D eigenvalue weighted by Gasteiger charge is 2.23. The molecule has 31 heavy (non-hydrogen) atoms. The third kappa shape index (κ3) is 6.22. The van der Waals surface area contributed by atoms with Crippen LogP contribution in [0.3, 0.4) is 0 Å². The van der Waals surface area contributed by atoms with Gasteiger partial charge in [0.2, 0.25) is 10.0 Å². The lowest BCUT2D eigenvalue weighted by Gasteiger charge is -2.19. The number of anilines is 1. The van der Waals surface area contributed by atoms with E-state index < -0.39 is 15.9 Å². The van der Waals surface area contributed by atoms with Gasteiger partial charge in [0.1, 0.15) is 0 Å². The lowest BCUT2D eigenvalue weighted by Crippen LogP contribution is -2.30. The molecular weight excluding hydrogens is 440 g/mol. The minimum absolute atomic E-state index is 0.0538. The fourth-order valence-electron chi connectivity index (χ4n) is 2.90. The molecule has 7 nitrogen and oxygen atoms in total. The van der Waals surface area contributed by atoms with Gasteiger partial charge >= 0.3 is 0 Å². The van der Waals surface area contributed by atoms with Crippen molar-refractivity contribution in [1.29, 1.82) is 0 Å². The van der Waals surface area contributed by atoms with E-state index >= 15 is 0 Å². The summed E-state index contributed by atoms with van der Waals surface area (Å²) in [5.74, 6) is 0.419. The van der Waals surface area contributed by atoms with E-state index in [9.17, 15) is 13.2 Å². The average Bonchev–Trinajstić information content (AvgIpc) is 2.75. The normalized spacial score (nSPS) is 11.7. The van der Waals surface area contributed by atoms with Crippen molar-refractivity contribution >= 4 is 39.3 Å². The zero-order valence-electron chi connectivity index (χ0n) is 18.0. The molecule has 0 aliphatic rings. The molecule has 0 saturated carbocycles. The molecule has 9 heteroatoms. The summed E-state index contributed by atoms with van der Waals surface area (Å²) in [6.45, 7) is 5.81. The van der Waals surface area contributed by atoms with Crippen LogP contribution in [0.2, 0.25) is 5.02 Å². The number of methoxy groups -OCH3 is 1. The molecule has 0 aliphatic carbocycles. The Balaban J connectivity index is 2.14. The average molecular weight is 467 g/mol. The molecule has 0 spiro atoms. The van der Waals surface area contributed by atoms with Crippen LogP contribution in [0, 0.1) is 0 Å². The van der Waals surface area contributed by atoms with Crippen molar-refractivity contribution in [1.82, 2.24) is 4.31 Å². The van der Waals surface area contributed by atoms with Crippen LogP contribution in [-0.4, -0.2) is 45.4 Å². The van der Waals surface area contributed by atoms with Gasteiger partial charge in [-0.1, -0.05) is 43.7 Å². The number of amides is 1. The fraction of sp³-hybridized carbons (Fsp3) is 0.318. The smallest absolute Gasteiger partial charge is 0.262 e. The molecule has 2 aromatic rings. The summed E-state index contributed by atoms with van der Waals surface area (Å²) in [7, 11) is -2.16. The highest BCUT2D eigenvalue weighted by atomic mass is 35.5. The predicted octanol–water partition coefficient (Wildman–Crippen LogP) is 4.43. The van der Waals surface area contributed by atoms with E-state index in [1.165, 1.54) is 29.6 Å². The van der Waals surface area contributed by atoms with Crippen LogP contribution in [0.15, 0.2) is 47.4 Å². The van der Waals surface area contributed by atoms with Crippen molar-refractivity contribution in [3.8, 4) is 11.5 Å². The number of rotatable bonds is 10. The Morgan fingerprint density at radius 3 is 2.45 bits per heavy atom. The van der Waals surface area contributed by atoms with E-state index in [4.69, 9.17) is 21.1 Å². The van der Waals surface area contributed by atoms with Crippen molar-refractivity contribution in [2.24, 2.45) is 0 Å². The molecule has 0 fully saturated rings. The third-order valence-corrected chi connectivity index (χ3v) is 6.84. The van der Waals surface area contributed by atoms with Gasteiger partial charge in [-0.3, -0.25) is 4.79 Å². The van der Waals surface area contributed by atoms with Gasteiger partial charge in [-0.25, -0.2) is 8.42 Å². The molecule has 168 valence electrons. The standard InChI is InChI=1S/C22H27ClN2O5S/c1-5-8-16-9-12-20(21(13-16)29-4)30-15-22(26)24-19-14-17(10-11-18(19)23)31(27,28)25(6-2)7-3/h5,8-14H,6-7,15H2,1-4H3,(H,24,26)/b8-5+.